The highest BCUT2D eigenvalue weighted by Gasteiger charge is 2.32. The number of nitrogens with zero attached hydrogens (tertiary/aromatic N) is 2. The van der Waals surface area contributed by atoms with Gasteiger partial charge in [0.25, 0.3) is 10.0 Å². The number of thiophene rings is 1. The van der Waals surface area contributed by atoms with Gasteiger partial charge in [-0.05, 0) is 30.5 Å². The van der Waals surface area contributed by atoms with Crippen LogP contribution in [-0.4, -0.2) is 55.8 Å². The van der Waals surface area contributed by atoms with E-state index in [1.54, 1.807) is 17.5 Å². The molecule has 2 heterocycles. The lowest BCUT2D eigenvalue weighted by atomic mass is 10.2. The molecule has 1 unspecified atom stereocenters. The summed E-state index contributed by atoms with van der Waals surface area (Å²) in [5.41, 5.74) is 0.762. The third-order valence-electron chi connectivity index (χ3n) is 4.33. The molecule has 1 aliphatic heterocycles. The number of carbonyl (C=O) groups is 1. The van der Waals surface area contributed by atoms with Crippen molar-refractivity contribution < 1.29 is 13.2 Å². The minimum absolute atomic E-state index is 0.0826. The van der Waals surface area contributed by atoms with Gasteiger partial charge in [0, 0.05) is 31.9 Å². The summed E-state index contributed by atoms with van der Waals surface area (Å²) in [7, 11) is -3.41. The van der Waals surface area contributed by atoms with Crippen LogP contribution in [0.4, 0.5) is 5.69 Å². The second kappa shape index (κ2) is 7.65. The van der Waals surface area contributed by atoms with Gasteiger partial charge in [0.15, 0.2) is 0 Å². The highest BCUT2D eigenvalue weighted by atomic mass is 32.2. The Balaban J connectivity index is 1.57. The predicted molar refractivity (Wildman–Crippen MR) is 99.2 cm³/mol. The Morgan fingerprint density at radius 2 is 1.76 bits per heavy atom. The van der Waals surface area contributed by atoms with Crippen LogP contribution in [0.15, 0.2) is 52.1 Å². The van der Waals surface area contributed by atoms with E-state index < -0.39 is 10.0 Å². The predicted octanol–water partition coefficient (Wildman–Crippen LogP) is 2.08. The molecule has 0 saturated carbocycles. The summed E-state index contributed by atoms with van der Waals surface area (Å²) in [6.45, 7) is 3.70. The largest absolute Gasteiger partial charge is 0.325 e. The first-order valence-corrected chi connectivity index (χ1v) is 10.4. The minimum atomic E-state index is -3.41. The first-order valence-electron chi connectivity index (χ1n) is 8.12. The van der Waals surface area contributed by atoms with Crippen LogP contribution in [0.2, 0.25) is 0 Å². The van der Waals surface area contributed by atoms with Gasteiger partial charge in [-0.1, -0.05) is 24.3 Å². The number of benzene rings is 1. The number of rotatable bonds is 5. The van der Waals surface area contributed by atoms with E-state index in [0.717, 1.165) is 5.69 Å². The van der Waals surface area contributed by atoms with Crippen molar-refractivity contribution in [3.63, 3.8) is 0 Å². The van der Waals surface area contributed by atoms with Crippen molar-refractivity contribution in [3.8, 4) is 0 Å². The van der Waals surface area contributed by atoms with Crippen LogP contribution in [0, 0.1) is 0 Å². The Labute approximate surface area is 152 Å². The second-order valence-corrected chi connectivity index (χ2v) is 9.02. The van der Waals surface area contributed by atoms with Crippen molar-refractivity contribution in [3.05, 3.63) is 47.8 Å². The summed E-state index contributed by atoms with van der Waals surface area (Å²) < 4.78 is 26.9. The number of hydrogen-bond donors (Lipinski definition) is 1. The molecule has 1 amide bonds. The molecule has 134 valence electrons. The zero-order chi connectivity index (χ0) is 17.9. The van der Waals surface area contributed by atoms with Gasteiger partial charge in [0.05, 0.1) is 6.04 Å². The van der Waals surface area contributed by atoms with Gasteiger partial charge in [-0.25, -0.2) is 8.42 Å². The first kappa shape index (κ1) is 18.1. The SMILES string of the molecule is CC(C(=O)Nc1ccccc1)N1CCN(S(=O)(=O)c2cccs2)CC1. The summed E-state index contributed by atoms with van der Waals surface area (Å²) >= 11 is 1.23. The lowest BCUT2D eigenvalue weighted by Gasteiger charge is -2.36. The van der Waals surface area contributed by atoms with Gasteiger partial charge in [-0.3, -0.25) is 9.69 Å². The van der Waals surface area contributed by atoms with E-state index in [1.807, 2.05) is 42.2 Å². The molecule has 1 atom stereocenters. The molecule has 8 heteroatoms. The van der Waals surface area contributed by atoms with Crippen LogP contribution in [0.25, 0.3) is 0 Å². The van der Waals surface area contributed by atoms with Gasteiger partial charge >= 0.3 is 0 Å². The molecule has 1 fully saturated rings. The molecular formula is C17H21N3O3S2. The first-order chi connectivity index (χ1) is 12.0. The highest BCUT2D eigenvalue weighted by Crippen LogP contribution is 2.22. The van der Waals surface area contributed by atoms with E-state index in [0.29, 0.717) is 30.4 Å². The van der Waals surface area contributed by atoms with Crippen LogP contribution < -0.4 is 5.32 Å². The zero-order valence-electron chi connectivity index (χ0n) is 14.0. The average molecular weight is 380 g/mol. The molecule has 0 spiro atoms. The fourth-order valence-corrected chi connectivity index (χ4v) is 5.37. The van der Waals surface area contributed by atoms with Gasteiger partial charge in [0.2, 0.25) is 5.91 Å². The number of anilines is 1. The van der Waals surface area contributed by atoms with E-state index in [2.05, 4.69) is 5.32 Å². The second-order valence-electron chi connectivity index (χ2n) is 5.90. The Kier molecular flexibility index (Phi) is 5.53. The normalized spacial score (nSPS) is 18.0. The third kappa shape index (κ3) is 4.09. The molecule has 6 nitrogen and oxygen atoms in total. The molecule has 1 aliphatic rings. The molecule has 1 aromatic heterocycles. The molecular weight excluding hydrogens is 358 g/mol. The summed E-state index contributed by atoms with van der Waals surface area (Å²) in [5, 5.41) is 4.66. The van der Waals surface area contributed by atoms with Crippen LogP contribution in [0.1, 0.15) is 6.92 Å². The van der Waals surface area contributed by atoms with E-state index in [1.165, 1.54) is 15.6 Å². The quantitative estimate of drug-likeness (QED) is 0.864. The number of piperazine rings is 1. The molecule has 0 radical (unpaired) electrons. The topological polar surface area (TPSA) is 69.7 Å². The standard InChI is InChI=1S/C17H21N3O3S2/c1-14(17(21)18-15-6-3-2-4-7-15)19-9-11-20(12-10-19)25(22,23)16-8-5-13-24-16/h2-8,13-14H,9-12H2,1H3,(H,18,21). The fourth-order valence-electron chi connectivity index (χ4n) is 2.80. The highest BCUT2D eigenvalue weighted by molar-refractivity contribution is 7.91. The maximum Gasteiger partial charge on any atom is 0.252 e. The fraction of sp³-hybridized carbons (Fsp3) is 0.353. The summed E-state index contributed by atoms with van der Waals surface area (Å²) in [5.74, 6) is -0.0826. The number of carbonyl (C=O) groups excluding carboxylic acids is 1. The lowest BCUT2D eigenvalue weighted by Crippen LogP contribution is -2.53. The number of amides is 1. The third-order valence-corrected chi connectivity index (χ3v) is 7.60. The zero-order valence-corrected chi connectivity index (χ0v) is 15.6. The Morgan fingerprint density at radius 3 is 2.36 bits per heavy atom. The van der Waals surface area contributed by atoms with Crippen molar-refractivity contribution in [1.29, 1.82) is 0 Å². The molecule has 1 N–H and O–H groups in total. The molecule has 3 rings (SSSR count). The summed E-state index contributed by atoms with van der Waals surface area (Å²) in [6.07, 6.45) is 0. The summed E-state index contributed by atoms with van der Waals surface area (Å²) in [4.78, 5) is 14.4. The Hall–Kier alpha value is -1.74. The number of hydrogen-bond acceptors (Lipinski definition) is 5. The minimum Gasteiger partial charge on any atom is -0.325 e. The molecule has 2 aromatic rings. The molecule has 1 aromatic carbocycles. The maximum atomic E-state index is 12.5. The van der Waals surface area contributed by atoms with Crippen molar-refractivity contribution in [2.75, 3.05) is 31.5 Å². The van der Waals surface area contributed by atoms with E-state index in [4.69, 9.17) is 0 Å². The smallest absolute Gasteiger partial charge is 0.252 e. The number of sulfonamides is 1. The van der Waals surface area contributed by atoms with Crippen molar-refractivity contribution >= 4 is 33.0 Å². The molecule has 0 bridgehead atoms. The lowest BCUT2D eigenvalue weighted by molar-refractivity contribution is -0.121. The Bertz CT molecular complexity index is 799. The van der Waals surface area contributed by atoms with Crippen LogP contribution in [0.3, 0.4) is 0 Å². The van der Waals surface area contributed by atoms with E-state index in [9.17, 15) is 13.2 Å². The number of para-hydroxylation sites is 1. The number of nitrogens with one attached hydrogen (secondary N) is 1. The van der Waals surface area contributed by atoms with Crippen LogP contribution in [0.5, 0.6) is 0 Å². The van der Waals surface area contributed by atoms with Crippen molar-refractivity contribution in [2.24, 2.45) is 0 Å². The Morgan fingerprint density at radius 1 is 1.08 bits per heavy atom. The van der Waals surface area contributed by atoms with E-state index >= 15 is 0 Å². The van der Waals surface area contributed by atoms with Crippen molar-refractivity contribution in [1.82, 2.24) is 9.21 Å². The molecule has 1 saturated heterocycles. The average Bonchev–Trinajstić information content (AvgIpc) is 3.17. The summed E-state index contributed by atoms with van der Waals surface area (Å²) in [6, 6.07) is 12.4. The van der Waals surface area contributed by atoms with Gasteiger partial charge in [-0.2, -0.15) is 4.31 Å². The molecule has 0 aliphatic carbocycles. The van der Waals surface area contributed by atoms with Gasteiger partial charge in [-0.15, -0.1) is 11.3 Å². The van der Waals surface area contributed by atoms with E-state index in [-0.39, 0.29) is 11.9 Å². The monoisotopic (exact) mass is 379 g/mol. The van der Waals surface area contributed by atoms with Crippen LogP contribution in [-0.2, 0) is 14.8 Å². The maximum absolute atomic E-state index is 12.5. The van der Waals surface area contributed by atoms with Gasteiger partial charge < -0.3 is 5.32 Å². The van der Waals surface area contributed by atoms with Gasteiger partial charge in [0.1, 0.15) is 4.21 Å². The van der Waals surface area contributed by atoms with Crippen LogP contribution >= 0.6 is 11.3 Å². The van der Waals surface area contributed by atoms with Crippen molar-refractivity contribution in [2.45, 2.75) is 17.2 Å². The molecule has 25 heavy (non-hydrogen) atoms.